The zero-order valence-corrected chi connectivity index (χ0v) is 14.2. The predicted molar refractivity (Wildman–Crippen MR) is 96.3 cm³/mol. The molecule has 1 N–H and O–H groups in total. The van der Waals surface area contributed by atoms with Crippen LogP contribution in [0.2, 0.25) is 0 Å². The van der Waals surface area contributed by atoms with Gasteiger partial charge >= 0.3 is 0 Å². The van der Waals surface area contributed by atoms with Crippen molar-refractivity contribution in [2.24, 2.45) is 0 Å². The monoisotopic (exact) mass is 319 g/mol. The van der Waals surface area contributed by atoms with E-state index in [1.165, 1.54) is 5.69 Å². The molecule has 4 aromatic heterocycles. The maximum absolute atomic E-state index is 5.88. The summed E-state index contributed by atoms with van der Waals surface area (Å²) < 4.78 is 5.88. The second-order valence-corrected chi connectivity index (χ2v) is 6.77. The van der Waals surface area contributed by atoms with Crippen molar-refractivity contribution in [3.05, 3.63) is 59.7 Å². The fraction of sp³-hybridized carbons (Fsp3) is 0.300. The van der Waals surface area contributed by atoms with Gasteiger partial charge in [0.05, 0.1) is 0 Å². The van der Waals surface area contributed by atoms with Crippen molar-refractivity contribution in [2.45, 2.75) is 39.0 Å². The lowest BCUT2D eigenvalue weighted by atomic mass is 10.0. The minimum Gasteiger partial charge on any atom is -0.443 e. The Balaban J connectivity index is 1.60. The molecule has 0 amide bonds. The zero-order valence-electron chi connectivity index (χ0n) is 14.2. The Bertz CT molecular complexity index is 963. The predicted octanol–water partition coefficient (Wildman–Crippen LogP) is 5.17. The number of nitrogens with zero attached hydrogens (tertiary/aromatic N) is 2. The van der Waals surface area contributed by atoms with E-state index in [-0.39, 0.29) is 0 Å². The zero-order chi connectivity index (χ0) is 16.7. The van der Waals surface area contributed by atoms with E-state index in [2.05, 4.69) is 61.1 Å². The van der Waals surface area contributed by atoms with Gasteiger partial charge in [-0.25, -0.2) is 9.97 Å². The molecule has 4 aromatic rings. The molecule has 0 aliphatic carbocycles. The van der Waals surface area contributed by atoms with Crippen LogP contribution in [0.3, 0.4) is 0 Å². The van der Waals surface area contributed by atoms with Crippen LogP contribution in [-0.2, 0) is 6.42 Å². The second kappa shape index (κ2) is 5.78. The Morgan fingerprint density at radius 2 is 1.96 bits per heavy atom. The fourth-order valence-corrected chi connectivity index (χ4v) is 3.04. The molecule has 0 aromatic carbocycles. The average molecular weight is 319 g/mol. The van der Waals surface area contributed by atoms with Gasteiger partial charge in [-0.1, -0.05) is 20.8 Å². The van der Waals surface area contributed by atoms with Crippen molar-refractivity contribution >= 4 is 22.1 Å². The van der Waals surface area contributed by atoms with E-state index in [1.54, 1.807) is 0 Å². The first-order valence-corrected chi connectivity index (χ1v) is 8.43. The van der Waals surface area contributed by atoms with E-state index < -0.39 is 0 Å². The van der Waals surface area contributed by atoms with Crippen LogP contribution in [0.5, 0.6) is 0 Å². The number of hydrogen-bond acceptors (Lipinski definition) is 3. The summed E-state index contributed by atoms with van der Waals surface area (Å²) in [6.07, 6.45) is 2.67. The Hall–Kier alpha value is -2.62. The number of pyridine rings is 2. The molecular formula is C20H21N3O. The molecule has 0 bridgehead atoms. The van der Waals surface area contributed by atoms with E-state index in [9.17, 15) is 0 Å². The van der Waals surface area contributed by atoms with Crippen LogP contribution < -0.4 is 0 Å². The smallest absolute Gasteiger partial charge is 0.226 e. The first-order chi connectivity index (χ1) is 11.6. The highest BCUT2D eigenvalue weighted by Crippen LogP contribution is 2.26. The highest BCUT2D eigenvalue weighted by molar-refractivity contribution is 5.76. The van der Waals surface area contributed by atoms with Gasteiger partial charge in [0.2, 0.25) is 5.71 Å². The molecule has 4 nitrogen and oxygen atoms in total. The maximum Gasteiger partial charge on any atom is 0.226 e. The summed E-state index contributed by atoms with van der Waals surface area (Å²) >= 11 is 0. The third-order valence-corrected chi connectivity index (χ3v) is 4.49. The van der Waals surface area contributed by atoms with E-state index in [0.717, 1.165) is 40.0 Å². The number of H-pyrrole nitrogens is 1. The van der Waals surface area contributed by atoms with Crippen molar-refractivity contribution in [2.75, 3.05) is 0 Å². The average Bonchev–Trinajstić information content (AvgIpc) is 3.18. The van der Waals surface area contributed by atoms with Gasteiger partial charge in [0.15, 0.2) is 0 Å². The molecule has 24 heavy (non-hydrogen) atoms. The first kappa shape index (κ1) is 14.9. The molecule has 0 saturated carbocycles. The molecule has 0 spiro atoms. The summed E-state index contributed by atoms with van der Waals surface area (Å²) in [6.45, 7) is 6.47. The Kier molecular flexibility index (Phi) is 3.60. The quantitative estimate of drug-likeness (QED) is 0.564. The summed E-state index contributed by atoms with van der Waals surface area (Å²) in [6, 6.07) is 12.5. The number of rotatable bonds is 4. The summed E-state index contributed by atoms with van der Waals surface area (Å²) in [5.41, 5.74) is 3.91. The van der Waals surface area contributed by atoms with Gasteiger partial charge < -0.3 is 9.40 Å². The summed E-state index contributed by atoms with van der Waals surface area (Å²) in [4.78, 5) is 12.5. The second-order valence-electron chi connectivity index (χ2n) is 6.77. The number of aromatic nitrogens is 3. The summed E-state index contributed by atoms with van der Waals surface area (Å²) in [5, 5.41) is 2.22. The third-order valence-electron chi connectivity index (χ3n) is 4.49. The largest absolute Gasteiger partial charge is 0.443 e. The summed E-state index contributed by atoms with van der Waals surface area (Å²) in [7, 11) is 0. The third kappa shape index (κ3) is 2.68. The number of aromatic amines is 1. The van der Waals surface area contributed by atoms with Crippen LogP contribution in [0.15, 0.2) is 47.0 Å². The lowest BCUT2D eigenvalue weighted by Gasteiger charge is -2.08. The standard InChI is InChI=1S/C20H21N3O/c1-12(2)18-11-15-6-7-16(22-20(15)24-18)9-13(3)17-10-14-5-4-8-21-19(14)23-17/h4-8,10-13H,9H2,1-3H3,(H,21,23). The maximum atomic E-state index is 5.88. The Morgan fingerprint density at radius 1 is 1.08 bits per heavy atom. The van der Waals surface area contributed by atoms with E-state index in [0.29, 0.717) is 11.8 Å². The highest BCUT2D eigenvalue weighted by Gasteiger charge is 2.13. The van der Waals surface area contributed by atoms with Crippen LogP contribution in [0.1, 0.15) is 49.8 Å². The number of fused-ring (bicyclic) bond motifs is 2. The van der Waals surface area contributed by atoms with Crippen molar-refractivity contribution in [1.29, 1.82) is 0 Å². The number of furan rings is 1. The molecule has 122 valence electrons. The van der Waals surface area contributed by atoms with Gasteiger partial charge in [-0.2, -0.15) is 0 Å². The van der Waals surface area contributed by atoms with Crippen LogP contribution in [0.4, 0.5) is 0 Å². The number of nitrogens with one attached hydrogen (secondary N) is 1. The van der Waals surface area contributed by atoms with Gasteiger partial charge in [0, 0.05) is 40.2 Å². The van der Waals surface area contributed by atoms with Crippen molar-refractivity contribution in [3.8, 4) is 0 Å². The van der Waals surface area contributed by atoms with Gasteiger partial charge in [0.25, 0.3) is 0 Å². The van der Waals surface area contributed by atoms with Crippen LogP contribution >= 0.6 is 0 Å². The van der Waals surface area contributed by atoms with Crippen LogP contribution in [0.25, 0.3) is 22.1 Å². The molecule has 0 fully saturated rings. The Morgan fingerprint density at radius 3 is 2.75 bits per heavy atom. The SMILES string of the molecule is CC(C)c1cc2ccc(CC(C)c3cc4cccnc4[nH]3)nc2o1. The molecule has 4 rings (SSSR count). The highest BCUT2D eigenvalue weighted by atomic mass is 16.3. The molecule has 4 heteroatoms. The molecule has 0 radical (unpaired) electrons. The van der Waals surface area contributed by atoms with E-state index in [1.807, 2.05) is 12.3 Å². The van der Waals surface area contributed by atoms with E-state index >= 15 is 0 Å². The minimum atomic E-state index is 0.337. The molecule has 0 saturated heterocycles. The lowest BCUT2D eigenvalue weighted by molar-refractivity contribution is 0.512. The van der Waals surface area contributed by atoms with Gasteiger partial charge in [0.1, 0.15) is 11.4 Å². The molecule has 4 heterocycles. The minimum absolute atomic E-state index is 0.337. The van der Waals surface area contributed by atoms with Gasteiger partial charge in [-0.15, -0.1) is 0 Å². The lowest BCUT2D eigenvalue weighted by Crippen LogP contribution is -2.00. The van der Waals surface area contributed by atoms with Crippen LogP contribution in [0, 0.1) is 0 Å². The topological polar surface area (TPSA) is 54.7 Å². The van der Waals surface area contributed by atoms with Gasteiger partial charge in [-0.3, -0.25) is 0 Å². The number of hydrogen-bond donors (Lipinski definition) is 1. The normalized spacial score (nSPS) is 13.2. The molecule has 0 aliphatic rings. The van der Waals surface area contributed by atoms with Crippen LogP contribution in [-0.4, -0.2) is 15.0 Å². The molecule has 1 unspecified atom stereocenters. The van der Waals surface area contributed by atoms with Crippen molar-refractivity contribution in [3.63, 3.8) is 0 Å². The van der Waals surface area contributed by atoms with Crippen molar-refractivity contribution < 1.29 is 4.42 Å². The first-order valence-electron chi connectivity index (χ1n) is 8.43. The van der Waals surface area contributed by atoms with Gasteiger partial charge in [-0.05, 0) is 42.8 Å². The van der Waals surface area contributed by atoms with E-state index in [4.69, 9.17) is 9.40 Å². The fourth-order valence-electron chi connectivity index (χ4n) is 3.04. The molecule has 1 atom stereocenters. The molecular weight excluding hydrogens is 298 g/mol. The molecule has 0 aliphatic heterocycles. The Labute approximate surface area is 140 Å². The van der Waals surface area contributed by atoms with Crippen molar-refractivity contribution in [1.82, 2.24) is 15.0 Å². The summed E-state index contributed by atoms with van der Waals surface area (Å²) in [5.74, 6) is 1.70.